The average Bonchev–Trinajstić information content (AvgIpc) is 3.18. The summed E-state index contributed by atoms with van der Waals surface area (Å²) in [5.74, 6) is 0.773. The Morgan fingerprint density at radius 3 is 2.87 bits per heavy atom. The van der Waals surface area contributed by atoms with Crippen molar-refractivity contribution in [1.29, 1.82) is 0 Å². The van der Waals surface area contributed by atoms with E-state index >= 15 is 0 Å². The van der Waals surface area contributed by atoms with Crippen molar-refractivity contribution < 1.29 is 9.18 Å². The zero-order valence-electron chi connectivity index (χ0n) is 12.8. The third-order valence-corrected chi connectivity index (χ3v) is 5.88. The number of rotatable bonds is 3. The quantitative estimate of drug-likeness (QED) is 0.858. The van der Waals surface area contributed by atoms with E-state index in [1.807, 2.05) is 28.6 Å². The van der Waals surface area contributed by atoms with E-state index in [0.717, 1.165) is 42.9 Å². The molecule has 2 aromatic rings. The summed E-state index contributed by atoms with van der Waals surface area (Å²) in [5.41, 5.74) is 1.08. The van der Waals surface area contributed by atoms with Crippen LogP contribution in [0.3, 0.4) is 0 Å². The van der Waals surface area contributed by atoms with Gasteiger partial charge in [0.15, 0.2) is 0 Å². The lowest BCUT2D eigenvalue weighted by Gasteiger charge is -2.32. The third kappa shape index (κ3) is 3.02. The zero-order chi connectivity index (χ0) is 15.8. The maximum absolute atomic E-state index is 13.0. The molecule has 0 spiro atoms. The van der Waals surface area contributed by atoms with Crippen LogP contribution < -0.4 is 0 Å². The smallest absolute Gasteiger partial charge is 0.226 e. The highest BCUT2D eigenvalue weighted by atomic mass is 32.1. The van der Waals surface area contributed by atoms with Crippen LogP contribution >= 0.6 is 11.3 Å². The van der Waals surface area contributed by atoms with Crippen LogP contribution in [0.1, 0.15) is 41.7 Å². The number of carbonyl (C=O) groups excluding carboxylic acids is 1. The Kier molecular flexibility index (Phi) is 3.89. The molecule has 0 bridgehead atoms. The van der Waals surface area contributed by atoms with Crippen LogP contribution in [-0.4, -0.2) is 28.9 Å². The number of halogens is 1. The van der Waals surface area contributed by atoms with Crippen LogP contribution in [0.4, 0.5) is 4.39 Å². The summed E-state index contributed by atoms with van der Waals surface area (Å²) in [4.78, 5) is 19.2. The van der Waals surface area contributed by atoms with Gasteiger partial charge in [-0.25, -0.2) is 9.37 Å². The van der Waals surface area contributed by atoms with Crippen LogP contribution in [0.25, 0.3) is 0 Å². The zero-order valence-corrected chi connectivity index (χ0v) is 13.6. The lowest BCUT2D eigenvalue weighted by molar-refractivity contribution is -0.133. The fourth-order valence-corrected chi connectivity index (χ4v) is 4.36. The number of thiazole rings is 1. The standard InChI is InChI=1S/C18H19FN2OS/c19-14-5-3-12(4-6-14)15-10-16(15)18(22)21-8-1-2-13(11-21)17-20-7-9-23-17/h3-7,9,13,15-16H,1-2,8,10-11H2/t13-,15-,16-/m1/s1. The molecule has 2 fully saturated rings. The molecule has 1 saturated carbocycles. The molecule has 0 radical (unpaired) electrons. The first-order chi connectivity index (χ1) is 11.2. The summed E-state index contributed by atoms with van der Waals surface area (Å²) in [6, 6.07) is 6.58. The van der Waals surface area contributed by atoms with Gasteiger partial charge in [0.05, 0.1) is 5.01 Å². The number of benzene rings is 1. The van der Waals surface area contributed by atoms with Gasteiger partial charge in [0, 0.05) is 36.5 Å². The number of aromatic nitrogens is 1. The molecule has 1 aromatic heterocycles. The Balaban J connectivity index is 1.40. The average molecular weight is 330 g/mol. The predicted octanol–water partition coefficient (Wildman–Crippen LogP) is 3.79. The van der Waals surface area contributed by atoms with Crippen LogP contribution in [0.15, 0.2) is 35.8 Å². The van der Waals surface area contributed by atoms with Crippen molar-refractivity contribution in [3.8, 4) is 0 Å². The Labute approximate surface area is 139 Å². The maximum atomic E-state index is 13.0. The van der Waals surface area contributed by atoms with Gasteiger partial charge >= 0.3 is 0 Å². The summed E-state index contributed by atoms with van der Waals surface area (Å²) in [6.45, 7) is 1.65. The first-order valence-corrected chi connectivity index (χ1v) is 9.04. The Hall–Kier alpha value is -1.75. The summed E-state index contributed by atoms with van der Waals surface area (Å²) in [7, 11) is 0. The van der Waals surface area contributed by atoms with E-state index in [-0.39, 0.29) is 23.6 Å². The van der Waals surface area contributed by atoms with Crippen molar-refractivity contribution in [3.05, 3.63) is 52.2 Å². The summed E-state index contributed by atoms with van der Waals surface area (Å²) < 4.78 is 13.0. The molecular formula is C18H19FN2OS. The fourth-order valence-electron chi connectivity index (χ4n) is 3.60. The van der Waals surface area contributed by atoms with Gasteiger partial charge < -0.3 is 4.90 Å². The van der Waals surface area contributed by atoms with Crippen molar-refractivity contribution in [1.82, 2.24) is 9.88 Å². The molecule has 1 amide bonds. The topological polar surface area (TPSA) is 33.2 Å². The van der Waals surface area contributed by atoms with E-state index in [2.05, 4.69) is 4.98 Å². The molecule has 3 atom stereocenters. The van der Waals surface area contributed by atoms with E-state index in [9.17, 15) is 9.18 Å². The predicted molar refractivity (Wildman–Crippen MR) is 87.9 cm³/mol. The second-order valence-corrected chi connectivity index (χ2v) is 7.42. The van der Waals surface area contributed by atoms with Crippen molar-refractivity contribution in [3.63, 3.8) is 0 Å². The lowest BCUT2D eigenvalue weighted by atomic mass is 9.98. The minimum Gasteiger partial charge on any atom is -0.342 e. The van der Waals surface area contributed by atoms with Gasteiger partial charge in [0.2, 0.25) is 5.91 Å². The third-order valence-electron chi connectivity index (χ3n) is 4.94. The molecule has 3 nitrogen and oxygen atoms in total. The van der Waals surface area contributed by atoms with E-state index in [4.69, 9.17) is 0 Å². The molecule has 1 aliphatic heterocycles. The van der Waals surface area contributed by atoms with E-state index in [1.165, 1.54) is 12.1 Å². The maximum Gasteiger partial charge on any atom is 0.226 e. The lowest BCUT2D eigenvalue weighted by Crippen LogP contribution is -2.40. The second kappa shape index (κ2) is 6.04. The van der Waals surface area contributed by atoms with Gasteiger partial charge in [-0.05, 0) is 42.9 Å². The normalized spacial score (nSPS) is 27.0. The van der Waals surface area contributed by atoms with Crippen LogP contribution in [0, 0.1) is 11.7 Å². The molecule has 120 valence electrons. The van der Waals surface area contributed by atoms with Crippen molar-refractivity contribution in [2.45, 2.75) is 31.1 Å². The van der Waals surface area contributed by atoms with E-state index in [0.29, 0.717) is 5.92 Å². The van der Waals surface area contributed by atoms with Crippen LogP contribution in [0.2, 0.25) is 0 Å². The minimum atomic E-state index is -0.223. The molecule has 5 heteroatoms. The number of amides is 1. The van der Waals surface area contributed by atoms with Crippen LogP contribution in [-0.2, 0) is 4.79 Å². The fraction of sp³-hybridized carbons (Fsp3) is 0.444. The number of nitrogens with zero attached hydrogens (tertiary/aromatic N) is 2. The van der Waals surface area contributed by atoms with Gasteiger partial charge in [-0.2, -0.15) is 0 Å². The number of hydrogen-bond donors (Lipinski definition) is 0. The molecule has 23 heavy (non-hydrogen) atoms. The Morgan fingerprint density at radius 1 is 1.30 bits per heavy atom. The molecule has 4 rings (SSSR count). The van der Waals surface area contributed by atoms with Crippen LogP contribution in [0.5, 0.6) is 0 Å². The van der Waals surface area contributed by atoms with Crippen molar-refractivity contribution >= 4 is 17.2 Å². The van der Waals surface area contributed by atoms with Gasteiger partial charge in [0.1, 0.15) is 5.82 Å². The number of carbonyl (C=O) groups is 1. The highest BCUT2D eigenvalue weighted by Crippen LogP contribution is 2.49. The first-order valence-electron chi connectivity index (χ1n) is 8.16. The summed E-state index contributed by atoms with van der Waals surface area (Å²) >= 11 is 1.68. The summed E-state index contributed by atoms with van der Waals surface area (Å²) in [6.07, 6.45) is 4.89. The number of likely N-dealkylation sites (tertiary alicyclic amines) is 1. The van der Waals surface area contributed by atoms with E-state index in [1.54, 1.807) is 11.3 Å². The second-order valence-electron chi connectivity index (χ2n) is 6.49. The minimum absolute atomic E-state index is 0.0792. The Bertz CT molecular complexity index is 686. The van der Waals surface area contributed by atoms with Crippen molar-refractivity contribution in [2.75, 3.05) is 13.1 Å². The van der Waals surface area contributed by atoms with E-state index < -0.39 is 0 Å². The SMILES string of the molecule is O=C([C@@H]1C[C@@H]1c1ccc(F)cc1)N1CCC[C@@H](c2nccs2)C1. The number of piperidine rings is 1. The molecule has 0 unspecified atom stereocenters. The largest absolute Gasteiger partial charge is 0.342 e. The Morgan fingerprint density at radius 2 is 2.13 bits per heavy atom. The molecule has 2 aliphatic rings. The molecule has 2 heterocycles. The highest BCUT2D eigenvalue weighted by molar-refractivity contribution is 7.09. The first kappa shape index (κ1) is 14.8. The molecular weight excluding hydrogens is 311 g/mol. The molecule has 1 saturated heterocycles. The van der Waals surface area contributed by atoms with Crippen molar-refractivity contribution in [2.24, 2.45) is 5.92 Å². The van der Waals surface area contributed by atoms with Gasteiger partial charge in [-0.15, -0.1) is 11.3 Å². The monoisotopic (exact) mass is 330 g/mol. The summed E-state index contributed by atoms with van der Waals surface area (Å²) in [5, 5.41) is 3.15. The van der Waals surface area contributed by atoms with Gasteiger partial charge in [0.25, 0.3) is 0 Å². The highest BCUT2D eigenvalue weighted by Gasteiger charge is 2.46. The molecule has 1 aromatic carbocycles. The molecule has 1 aliphatic carbocycles. The van der Waals surface area contributed by atoms with Gasteiger partial charge in [-0.1, -0.05) is 12.1 Å². The van der Waals surface area contributed by atoms with Gasteiger partial charge in [-0.3, -0.25) is 4.79 Å². The number of hydrogen-bond acceptors (Lipinski definition) is 3. The molecule has 0 N–H and O–H groups in total.